The van der Waals surface area contributed by atoms with Crippen molar-refractivity contribution >= 4 is 17.5 Å². The molecule has 3 fully saturated rings. The second kappa shape index (κ2) is 8.74. The van der Waals surface area contributed by atoms with Crippen LogP contribution in [0.25, 0.3) is 0 Å². The van der Waals surface area contributed by atoms with E-state index in [1.807, 2.05) is 11.0 Å². The van der Waals surface area contributed by atoms with E-state index in [9.17, 15) is 9.59 Å². The van der Waals surface area contributed by atoms with E-state index in [-0.39, 0.29) is 17.9 Å². The third-order valence-corrected chi connectivity index (χ3v) is 7.12. The summed E-state index contributed by atoms with van der Waals surface area (Å²) < 4.78 is 5.24. The van der Waals surface area contributed by atoms with Gasteiger partial charge in [0.05, 0.1) is 12.0 Å². The van der Waals surface area contributed by atoms with Crippen LogP contribution in [0.2, 0.25) is 0 Å². The Morgan fingerprint density at radius 1 is 1.10 bits per heavy atom. The van der Waals surface area contributed by atoms with Crippen LogP contribution in [0, 0.1) is 5.41 Å². The lowest BCUT2D eigenvalue weighted by atomic mass is 9.64. The minimum atomic E-state index is -0.394. The number of benzene rings is 1. The molecule has 2 saturated heterocycles. The number of likely N-dealkylation sites (tertiary alicyclic amines) is 1. The van der Waals surface area contributed by atoms with Crippen LogP contribution in [0.5, 0.6) is 0 Å². The largest absolute Gasteiger partial charge is 0.383 e. The van der Waals surface area contributed by atoms with Gasteiger partial charge in [-0.3, -0.25) is 9.59 Å². The van der Waals surface area contributed by atoms with Gasteiger partial charge in [-0.1, -0.05) is 31.0 Å². The topological polar surface area (TPSA) is 53.1 Å². The Balaban J connectivity index is 1.48. The Morgan fingerprint density at radius 2 is 1.86 bits per heavy atom. The number of para-hydroxylation sites is 1. The molecule has 0 unspecified atom stereocenters. The van der Waals surface area contributed by atoms with Gasteiger partial charge >= 0.3 is 0 Å². The predicted octanol–water partition coefficient (Wildman–Crippen LogP) is 2.53. The zero-order valence-corrected chi connectivity index (χ0v) is 17.5. The molecule has 1 saturated carbocycles. The zero-order valence-electron chi connectivity index (χ0n) is 17.5. The van der Waals surface area contributed by atoms with E-state index < -0.39 is 5.41 Å². The number of ether oxygens (including phenoxy) is 1. The van der Waals surface area contributed by atoms with Crippen molar-refractivity contribution in [1.82, 2.24) is 9.80 Å². The molecule has 1 aromatic rings. The van der Waals surface area contributed by atoms with Crippen LogP contribution < -0.4 is 4.90 Å². The summed E-state index contributed by atoms with van der Waals surface area (Å²) in [7, 11) is 1.67. The van der Waals surface area contributed by atoms with Crippen molar-refractivity contribution in [2.24, 2.45) is 5.41 Å². The Bertz CT molecular complexity index is 717. The molecular formula is C23H33N3O3. The minimum absolute atomic E-state index is 0.0345. The maximum Gasteiger partial charge on any atom is 0.231 e. The fourth-order valence-corrected chi connectivity index (χ4v) is 5.56. The fraction of sp³-hybridized carbons (Fsp3) is 0.652. The average Bonchev–Trinajstić information content (AvgIpc) is 2.79. The Kier molecular flexibility index (Phi) is 6.09. The third kappa shape index (κ3) is 3.87. The molecule has 3 aliphatic rings. The van der Waals surface area contributed by atoms with Crippen LogP contribution in [0.3, 0.4) is 0 Å². The van der Waals surface area contributed by atoms with Gasteiger partial charge in [-0.2, -0.15) is 0 Å². The second-order valence-corrected chi connectivity index (χ2v) is 8.61. The van der Waals surface area contributed by atoms with Gasteiger partial charge in [0.15, 0.2) is 0 Å². The number of amides is 2. The number of anilines is 1. The molecule has 1 aromatic carbocycles. The highest BCUT2D eigenvalue weighted by atomic mass is 16.5. The normalized spacial score (nSPS) is 27.7. The van der Waals surface area contributed by atoms with Crippen LogP contribution in [0.1, 0.15) is 38.5 Å². The second-order valence-electron chi connectivity index (χ2n) is 8.61. The van der Waals surface area contributed by atoms with Crippen LogP contribution in [-0.2, 0) is 14.3 Å². The van der Waals surface area contributed by atoms with Gasteiger partial charge in [0.1, 0.15) is 0 Å². The molecule has 4 rings (SSSR count). The van der Waals surface area contributed by atoms with Crippen LogP contribution in [-0.4, -0.2) is 74.1 Å². The summed E-state index contributed by atoms with van der Waals surface area (Å²) >= 11 is 0. The van der Waals surface area contributed by atoms with E-state index >= 15 is 0 Å². The van der Waals surface area contributed by atoms with E-state index in [0.29, 0.717) is 26.0 Å². The van der Waals surface area contributed by atoms with Crippen LogP contribution in [0.4, 0.5) is 5.69 Å². The fourth-order valence-electron chi connectivity index (χ4n) is 5.56. The highest BCUT2D eigenvalue weighted by Gasteiger charge is 2.54. The molecule has 2 heterocycles. The lowest BCUT2D eigenvalue weighted by Crippen LogP contribution is -2.64. The molecule has 158 valence electrons. The number of rotatable bonds is 5. The molecule has 0 aromatic heterocycles. The first-order chi connectivity index (χ1) is 14.2. The third-order valence-electron chi connectivity index (χ3n) is 7.12. The zero-order chi connectivity index (χ0) is 20.3. The van der Waals surface area contributed by atoms with Crippen molar-refractivity contribution in [2.45, 2.75) is 44.6 Å². The smallest absolute Gasteiger partial charge is 0.231 e. The number of piperidine rings is 1. The molecule has 6 nitrogen and oxygen atoms in total. The molecule has 0 spiro atoms. The van der Waals surface area contributed by atoms with Crippen molar-refractivity contribution in [2.75, 3.05) is 51.3 Å². The molecule has 0 N–H and O–H groups in total. The predicted molar refractivity (Wildman–Crippen MR) is 113 cm³/mol. The molecule has 2 atom stereocenters. The number of nitrogens with zero attached hydrogens (tertiary/aromatic N) is 3. The number of hydrogen-bond donors (Lipinski definition) is 0. The molecule has 2 aliphatic heterocycles. The number of carbonyl (C=O) groups is 2. The molecule has 2 amide bonds. The van der Waals surface area contributed by atoms with Crippen molar-refractivity contribution < 1.29 is 14.3 Å². The van der Waals surface area contributed by atoms with E-state index in [2.05, 4.69) is 34.1 Å². The standard InChI is InChI=1S/C23H33N3O3/c1-29-18-17-26-20-9-5-6-11-23(20,12-10-21(26)27)22(28)25-15-13-24(14-16-25)19-7-3-2-4-8-19/h2-4,7-8,20H,5-6,9-18H2,1H3/t20-,23-/m1/s1. The van der Waals surface area contributed by atoms with Crippen molar-refractivity contribution in [3.05, 3.63) is 30.3 Å². The minimum Gasteiger partial charge on any atom is -0.383 e. The summed E-state index contributed by atoms with van der Waals surface area (Å²) in [4.78, 5) is 32.8. The summed E-state index contributed by atoms with van der Waals surface area (Å²) in [5.41, 5.74) is 0.830. The van der Waals surface area contributed by atoms with Gasteiger partial charge in [0.25, 0.3) is 0 Å². The van der Waals surface area contributed by atoms with Gasteiger partial charge in [0.2, 0.25) is 11.8 Å². The van der Waals surface area contributed by atoms with Crippen LogP contribution >= 0.6 is 0 Å². The van der Waals surface area contributed by atoms with Crippen LogP contribution in [0.15, 0.2) is 30.3 Å². The SMILES string of the molecule is COCCN1C(=O)CC[C@]2(C(=O)N3CCN(c4ccccc4)CC3)CCCC[C@@H]12. The number of carbonyl (C=O) groups excluding carboxylic acids is 2. The van der Waals surface area contributed by atoms with Crippen molar-refractivity contribution in [3.63, 3.8) is 0 Å². The van der Waals surface area contributed by atoms with Gasteiger partial charge in [-0.25, -0.2) is 0 Å². The summed E-state index contributed by atoms with van der Waals surface area (Å²) in [5.74, 6) is 0.469. The summed E-state index contributed by atoms with van der Waals surface area (Å²) in [6.45, 7) is 4.37. The summed E-state index contributed by atoms with van der Waals surface area (Å²) in [6, 6.07) is 10.5. The molecule has 29 heavy (non-hydrogen) atoms. The first-order valence-electron chi connectivity index (χ1n) is 11.0. The van der Waals surface area contributed by atoms with E-state index in [1.165, 1.54) is 5.69 Å². The first-order valence-corrected chi connectivity index (χ1v) is 11.0. The van der Waals surface area contributed by atoms with Crippen molar-refractivity contribution in [1.29, 1.82) is 0 Å². The average molecular weight is 400 g/mol. The quantitative estimate of drug-likeness (QED) is 0.764. The summed E-state index contributed by atoms with van der Waals surface area (Å²) in [6.07, 6.45) is 5.21. The number of fused-ring (bicyclic) bond motifs is 1. The van der Waals surface area contributed by atoms with Crippen molar-refractivity contribution in [3.8, 4) is 0 Å². The first kappa shape index (κ1) is 20.2. The number of methoxy groups -OCH3 is 1. The van der Waals surface area contributed by atoms with Gasteiger partial charge < -0.3 is 19.4 Å². The lowest BCUT2D eigenvalue weighted by molar-refractivity contribution is -0.162. The van der Waals surface area contributed by atoms with Gasteiger partial charge in [-0.05, 0) is 31.4 Å². The van der Waals surface area contributed by atoms with Gasteiger partial charge in [-0.15, -0.1) is 0 Å². The van der Waals surface area contributed by atoms with E-state index in [4.69, 9.17) is 4.74 Å². The lowest BCUT2D eigenvalue weighted by Gasteiger charge is -2.53. The highest BCUT2D eigenvalue weighted by Crippen LogP contribution is 2.47. The highest BCUT2D eigenvalue weighted by molar-refractivity contribution is 5.88. The Morgan fingerprint density at radius 3 is 2.59 bits per heavy atom. The molecule has 6 heteroatoms. The monoisotopic (exact) mass is 399 g/mol. The van der Waals surface area contributed by atoms with E-state index in [0.717, 1.165) is 51.9 Å². The number of hydrogen-bond acceptors (Lipinski definition) is 4. The molecular weight excluding hydrogens is 366 g/mol. The van der Waals surface area contributed by atoms with E-state index in [1.54, 1.807) is 7.11 Å². The Hall–Kier alpha value is -2.08. The number of piperazine rings is 1. The molecule has 1 aliphatic carbocycles. The Labute approximate surface area is 173 Å². The molecule has 0 bridgehead atoms. The van der Waals surface area contributed by atoms with Gasteiger partial charge in [0, 0.05) is 58.0 Å². The molecule has 0 radical (unpaired) electrons. The maximum atomic E-state index is 13.8. The maximum absolute atomic E-state index is 13.8. The summed E-state index contributed by atoms with van der Waals surface area (Å²) in [5, 5.41) is 0.